The Labute approximate surface area is 78.0 Å². The number of nitrogens with one attached hydrogen (secondary N) is 1. The SMILES string of the molecule is CC(C)C1NCc2c(F)cccc21. The minimum Gasteiger partial charge on any atom is -0.305 e. The molecule has 0 amide bonds. The molecule has 1 atom stereocenters. The van der Waals surface area contributed by atoms with Gasteiger partial charge in [0, 0.05) is 18.2 Å². The van der Waals surface area contributed by atoms with E-state index in [1.54, 1.807) is 6.07 Å². The van der Waals surface area contributed by atoms with E-state index in [0.29, 0.717) is 18.5 Å². The minimum atomic E-state index is -0.0758. The van der Waals surface area contributed by atoms with Crippen LogP contribution in [0.4, 0.5) is 4.39 Å². The Hall–Kier alpha value is -0.890. The summed E-state index contributed by atoms with van der Waals surface area (Å²) in [5.74, 6) is 0.441. The summed E-state index contributed by atoms with van der Waals surface area (Å²) in [5, 5.41) is 3.32. The molecule has 0 aliphatic carbocycles. The second-order valence-electron chi connectivity index (χ2n) is 3.91. The molecule has 13 heavy (non-hydrogen) atoms. The van der Waals surface area contributed by atoms with E-state index in [4.69, 9.17) is 0 Å². The smallest absolute Gasteiger partial charge is 0.128 e. The summed E-state index contributed by atoms with van der Waals surface area (Å²) in [6.07, 6.45) is 0. The predicted molar refractivity (Wildman–Crippen MR) is 50.8 cm³/mol. The van der Waals surface area contributed by atoms with Crippen LogP contribution in [-0.4, -0.2) is 0 Å². The van der Waals surface area contributed by atoms with E-state index in [-0.39, 0.29) is 5.82 Å². The Morgan fingerprint density at radius 3 is 2.92 bits per heavy atom. The van der Waals surface area contributed by atoms with Crippen molar-refractivity contribution in [3.63, 3.8) is 0 Å². The number of rotatable bonds is 1. The van der Waals surface area contributed by atoms with Crippen molar-refractivity contribution in [1.29, 1.82) is 0 Å². The van der Waals surface area contributed by atoms with Crippen molar-refractivity contribution < 1.29 is 4.39 Å². The molecule has 1 aromatic rings. The van der Waals surface area contributed by atoms with Crippen LogP contribution < -0.4 is 5.32 Å². The molecule has 1 nitrogen and oxygen atoms in total. The molecule has 1 aliphatic rings. The molecule has 0 aromatic heterocycles. The van der Waals surface area contributed by atoms with Gasteiger partial charge in [0.25, 0.3) is 0 Å². The van der Waals surface area contributed by atoms with Gasteiger partial charge in [-0.3, -0.25) is 0 Å². The van der Waals surface area contributed by atoms with Crippen LogP contribution in [-0.2, 0) is 6.54 Å². The van der Waals surface area contributed by atoms with Crippen molar-refractivity contribution in [3.8, 4) is 0 Å². The minimum absolute atomic E-state index is 0.0758. The van der Waals surface area contributed by atoms with Crippen molar-refractivity contribution in [2.45, 2.75) is 26.4 Å². The lowest BCUT2D eigenvalue weighted by Crippen LogP contribution is -2.17. The molecule has 1 N–H and O–H groups in total. The second-order valence-corrected chi connectivity index (χ2v) is 3.91. The number of benzene rings is 1. The molecule has 70 valence electrons. The Morgan fingerprint density at radius 2 is 2.23 bits per heavy atom. The summed E-state index contributed by atoms with van der Waals surface area (Å²) in [5.41, 5.74) is 1.98. The Kier molecular flexibility index (Phi) is 2.08. The monoisotopic (exact) mass is 179 g/mol. The number of halogens is 1. The fraction of sp³-hybridized carbons (Fsp3) is 0.455. The molecule has 2 rings (SSSR count). The van der Waals surface area contributed by atoms with Crippen LogP contribution in [0.2, 0.25) is 0 Å². The molecular formula is C11H14FN. The molecule has 1 aromatic carbocycles. The lowest BCUT2D eigenvalue weighted by molar-refractivity contribution is 0.441. The zero-order chi connectivity index (χ0) is 9.42. The average Bonchev–Trinajstić information content (AvgIpc) is 2.48. The van der Waals surface area contributed by atoms with Crippen molar-refractivity contribution in [3.05, 3.63) is 35.1 Å². The molecule has 0 fully saturated rings. The first-order valence-corrected chi connectivity index (χ1v) is 4.71. The van der Waals surface area contributed by atoms with Gasteiger partial charge in [-0.05, 0) is 17.5 Å². The third kappa shape index (κ3) is 1.35. The van der Waals surface area contributed by atoms with Crippen LogP contribution in [0.25, 0.3) is 0 Å². The van der Waals surface area contributed by atoms with Crippen LogP contribution in [0.15, 0.2) is 18.2 Å². The first kappa shape index (κ1) is 8.70. The van der Waals surface area contributed by atoms with Gasteiger partial charge in [-0.1, -0.05) is 26.0 Å². The zero-order valence-electron chi connectivity index (χ0n) is 7.97. The Bertz CT molecular complexity index is 320. The van der Waals surface area contributed by atoms with E-state index in [1.807, 2.05) is 6.07 Å². The highest BCUT2D eigenvalue weighted by Gasteiger charge is 2.25. The molecule has 2 heteroatoms. The van der Waals surface area contributed by atoms with Gasteiger partial charge in [0.1, 0.15) is 5.82 Å². The normalized spacial score (nSPS) is 20.8. The first-order valence-electron chi connectivity index (χ1n) is 4.71. The summed E-state index contributed by atoms with van der Waals surface area (Å²) >= 11 is 0. The van der Waals surface area contributed by atoms with E-state index in [9.17, 15) is 4.39 Å². The number of hydrogen-bond donors (Lipinski definition) is 1. The van der Waals surface area contributed by atoms with Gasteiger partial charge in [0.2, 0.25) is 0 Å². The molecule has 0 bridgehead atoms. The third-order valence-corrected chi connectivity index (χ3v) is 2.66. The predicted octanol–water partition coefficient (Wildman–Crippen LogP) is 2.63. The Balaban J connectivity index is 2.43. The molecular weight excluding hydrogens is 165 g/mol. The van der Waals surface area contributed by atoms with Gasteiger partial charge in [-0.15, -0.1) is 0 Å². The topological polar surface area (TPSA) is 12.0 Å². The maximum absolute atomic E-state index is 13.3. The van der Waals surface area contributed by atoms with E-state index in [0.717, 1.165) is 11.1 Å². The van der Waals surface area contributed by atoms with Crippen molar-refractivity contribution in [2.24, 2.45) is 5.92 Å². The summed E-state index contributed by atoms with van der Waals surface area (Å²) < 4.78 is 13.3. The van der Waals surface area contributed by atoms with Crippen molar-refractivity contribution in [2.75, 3.05) is 0 Å². The van der Waals surface area contributed by atoms with Gasteiger partial charge in [0.05, 0.1) is 0 Å². The molecule has 1 aliphatic heterocycles. The molecule has 0 spiro atoms. The van der Waals surface area contributed by atoms with Gasteiger partial charge in [0.15, 0.2) is 0 Å². The molecule has 0 radical (unpaired) electrons. The van der Waals surface area contributed by atoms with Gasteiger partial charge >= 0.3 is 0 Å². The lowest BCUT2D eigenvalue weighted by atomic mass is 9.96. The summed E-state index contributed by atoms with van der Waals surface area (Å²) in [7, 11) is 0. The fourth-order valence-electron chi connectivity index (χ4n) is 1.97. The highest BCUT2D eigenvalue weighted by Crippen LogP contribution is 2.31. The second kappa shape index (κ2) is 3.11. The largest absolute Gasteiger partial charge is 0.305 e. The zero-order valence-corrected chi connectivity index (χ0v) is 7.97. The van der Waals surface area contributed by atoms with Crippen LogP contribution in [0.1, 0.15) is 31.0 Å². The standard InChI is InChI=1S/C11H14FN/c1-7(2)11-8-4-3-5-10(12)9(8)6-13-11/h3-5,7,11,13H,6H2,1-2H3. The van der Waals surface area contributed by atoms with Gasteiger partial charge < -0.3 is 5.32 Å². The van der Waals surface area contributed by atoms with E-state index in [1.165, 1.54) is 6.07 Å². The highest BCUT2D eigenvalue weighted by molar-refractivity contribution is 5.35. The first-order chi connectivity index (χ1) is 6.20. The van der Waals surface area contributed by atoms with Gasteiger partial charge in [-0.25, -0.2) is 4.39 Å². The lowest BCUT2D eigenvalue weighted by Gasteiger charge is -2.15. The van der Waals surface area contributed by atoms with Crippen LogP contribution >= 0.6 is 0 Å². The van der Waals surface area contributed by atoms with Crippen LogP contribution in [0.5, 0.6) is 0 Å². The van der Waals surface area contributed by atoms with Gasteiger partial charge in [-0.2, -0.15) is 0 Å². The Morgan fingerprint density at radius 1 is 1.46 bits per heavy atom. The third-order valence-electron chi connectivity index (χ3n) is 2.66. The van der Waals surface area contributed by atoms with E-state index >= 15 is 0 Å². The van der Waals surface area contributed by atoms with Crippen LogP contribution in [0.3, 0.4) is 0 Å². The summed E-state index contributed by atoms with van der Waals surface area (Å²) in [6.45, 7) is 4.97. The molecule has 0 saturated heterocycles. The van der Waals surface area contributed by atoms with Crippen molar-refractivity contribution in [1.82, 2.24) is 5.32 Å². The van der Waals surface area contributed by atoms with Crippen LogP contribution in [0, 0.1) is 11.7 Å². The van der Waals surface area contributed by atoms with E-state index in [2.05, 4.69) is 19.2 Å². The maximum atomic E-state index is 13.3. The highest BCUT2D eigenvalue weighted by atomic mass is 19.1. The average molecular weight is 179 g/mol. The summed E-state index contributed by atoms with van der Waals surface area (Å²) in [4.78, 5) is 0. The molecule has 1 heterocycles. The van der Waals surface area contributed by atoms with E-state index < -0.39 is 0 Å². The number of fused-ring (bicyclic) bond motifs is 1. The molecule has 0 saturated carbocycles. The maximum Gasteiger partial charge on any atom is 0.128 e. The van der Waals surface area contributed by atoms with Crippen molar-refractivity contribution >= 4 is 0 Å². The fourth-order valence-corrected chi connectivity index (χ4v) is 1.97. The summed E-state index contributed by atoms with van der Waals surface area (Å²) in [6, 6.07) is 5.66. The molecule has 1 unspecified atom stereocenters. The quantitative estimate of drug-likeness (QED) is 0.698. The number of hydrogen-bond acceptors (Lipinski definition) is 1.